The van der Waals surface area contributed by atoms with Gasteiger partial charge in [-0.05, 0) is 44.2 Å². The highest BCUT2D eigenvalue weighted by atomic mass is 16.5. The van der Waals surface area contributed by atoms with Crippen LogP contribution in [0.3, 0.4) is 0 Å². The van der Waals surface area contributed by atoms with Crippen LogP contribution in [-0.4, -0.2) is 17.6 Å². The van der Waals surface area contributed by atoms with Gasteiger partial charge < -0.3 is 4.74 Å². The Labute approximate surface area is 153 Å². The molecule has 0 aromatic carbocycles. The molecule has 1 heterocycles. The van der Waals surface area contributed by atoms with E-state index in [1.165, 1.54) is 64.2 Å². The van der Waals surface area contributed by atoms with Crippen molar-refractivity contribution in [1.82, 2.24) is 4.98 Å². The smallest absolute Gasteiger partial charge is 0.339 e. The van der Waals surface area contributed by atoms with Crippen LogP contribution in [0.2, 0.25) is 0 Å². The second-order valence-electron chi connectivity index (χ2n) is 6.61. The largest absolute Gasteiger partial charge is 0.462 e. The Kier molecular flexibility index (Phi) is 13.6. The SMILES string of the molecule is CCCCCC/C=C/CCCCCCCCOC(=O)c1cccnc1. The minimum Gasteiger partial charge on any atom is -0.462 e. The summed E-state index contributed by atoms with van der Waals surface area (Å²) >= 11 is 0. The van der Waals surface area contributed by atoms with E-state index in [4.69, 9.17) is 4.74 Å². The van der Waals surface area contributed by atoms with Crippen LogP contribution in [0.15, 0.2) is 36.7 Å². The fourth-order valence-corrected chi connectivity index (χ4v) is 2.73. The van der Waals surface area contributed by atoms with Crippen LogP contribution in [0.1, 0.15) is 94.3 Å². The van der Waals surface area contributed by atoms with E-state index in [-0.39, 0.29) is 5.97 Å². The van der Waals surface area contributed by atoms with Gasteiger partial charge in [0.05, 0.1) is 12.2 Å². The van der Waals surface area contributed by atoms with Gasteiger partial charge in [-0.25, -0.2) is 4.79 Å². The lowest BCUT2D eigenvalue weighted by atomic mass is 10.1. The molecular weight excluding hydrogens is 310 g/mol. The number of hydrogen-bond donors (Lipinski definition) is 0. The Hall–Kier alpha value is -1.64. The minimum atomic E-state index is -0.269. The maximum Gasteiger partial charge on any atom is 0.339 e. The van der Waals surface area contributed by atoms with E-state index < -0.39 is 0 Å². The average Bonchev–Trinajstić information content (AvgIpc) is 2.65. The monoisotopic (exact) mass is 345 g/mol. The number of nitrogens with zero attached hydrogens (tertiary/aromatic N) is 1. The van der Waals surface area contributed by atoms with Crippen LogP contribution < -0.4 is 0 Å². The molecule has 0 aliphatic carbocycles. The van der Waals surface area contributed by atoms with E-state index in [2.05, 4.69) is 24.1 Å². The normalized spacial score (nSPS) is 11.1. The third kappa shape index (κ3) is 12.4. The number of carbonyl (C=O) groups excluding carboxylic acids is 1. The highest BCUT2D eigenvalue weighted by Crippen LogP contribution is 2.09. The third-order valence-corrected chi connectivity index (χ3v) is 4.29. The van der Waals surface area contributed by atoms with Gasteiger partial charge in [-0.15, -0.1) is 0 Å². The number of ether oxygens (including phenoxy) is 1. The third-order valence-electron chi connectivity index (χ3n) is 4.29. The van der Waals surface area contributed by atoms with E-state index in [0.29, 0.717) is 12.2 Å². The van der Waals surface area contributed by atoms with Crippen molar-refractivity contribution >= 4 is 5.97 Å². The van der Waals surface area contributed by atoms with Crippen molar-refractivity contribution in [2.45, 2.75) is 84.0 Å². The number of carbonyl (C=O) groups is 1. The number of hydrogen-bond acceptors (Lipinski definition) is 3. The van der Waals surface area contributed by atoms with Gasteiger partial charge in [-0.3, -0.25) is 4.98 Å². The Morgan fingerprint density at radius 1 is 0.960 bits per heavy atom. The molecule has 0 aliphatic heterocycles. The molecule has 0 fully saturated rings. The van der Waals surface area contributed by atoms with Gasteiger partial charge in [0.25, 0.3) is 0 Å². The van der Waals surface area contributed by atoms with E-state index in [1.807, 2.05) is 0 Å². The molecular formula is C22H35NO2. The Morgan fingerprint density at radius 2 is 1.60 bits per heavy atom. The summed E-state index contributed by atoms with van der Waals surface area (Å²) in [6.45, 7) is 2.76. The van der Waals surface area contributed by atoms with Gasteiger partial charge in [0, 0.05) is 12.4 Å². The molecule has 3 nitrogen and oxygen atoms in total. The van der Waals surface area contributed by atoms with E-state index >= 15 is 0 Å². The van der Waals surface area contributed by atoms with Crippen LogP contribution >= 0.6 is 0 Å². The Bertz CT molecular complexity index is 456. The van der Waals surface area contributed by atoms with Crippen molar-refractivity contribution < 1.29 is 9.53 Å². The van der Waals surface area contributed by atoms with Gasteiger partial charge in [0.15, 0.2) is 0 Å². The molecule has 0 aliphatic rings. The van der Waals surface area contributed by atoms with Crippen molar-refractivity contribution in [3.63, 3.8) is 0 Å². The lowest BCUT2D eigenvalue weighted by Crippen LogP contribution is -2.06. The molecule has 1 aromatic rings. The lowest BCUT2D eigenvalue weighted by molar-refractivity contribution is 0.0497. The van der Waals surface area contributed by atoms with E-state index in [9.17, 15) is 4.79 Å². The summed E-state index contributed by atoms with van der Waals surface area (Å²) < 4.78 is 5.25. The Morgan fingerprint density at radius 3 is 2.24 bits per heavy atom. The molecule has 3 heteroatoms. The Balaban J connectivity index is 1.83. The first-order valence-electron chi connectivity index (χ1n) is 10.1. The molecule has 1 aromatic heterocycles. The topological polar surface area (TPSA) is 39.2 Å². The number of aromatic nitrogens is 1. The summed E-state index contributed by atoms with van der Waals surface area (Å²) in [5.41, 5.74) is 0.529. The number of rotatable bonds is 15. The number of pyridine rings is 1. The fraction of sp³-hybridized carbons (Fsp3) is 0.636. The molecule has 0 bridgehead atoms. The first-order chi connectivity index (χ1) is 12.3. The van der Waals surface area contributed by atoms with Crippen molar-refractivity contribution in [3.8, 4) is 0 Å². The molecule has 0 amide bonds. The molecule has 140 valence electrons. The van der Waals surface area contributed by atoms with Crippen molar-refractivity contribution in [2.75, 3.05) is 6.61 Å². The number of esters is 1. The summed E-state index contributed by atoms with van der Waals surface area (Å²) in [5, 5.41) is 0. The second kappa shape index (κ2) is 15.9. The molecule has 1 rings (SSSR count). The lowest BCUT2D eigenvalue weighted by Gasteiger charge is -2.04. The maximum atomic E-state index is 11.7. The summed E-state index contributed by atoms with van der Waals surface area (Å²) in [4.78, 5) is 15.6. The zero-order valence-corrected chi connectivity index (χ0v) is 15.9. The molecule has 0 saturated heterocycles. The van der Waals surface area contributed by atoms with Crippen LogP contribution in [0.5, 0.6) is 0 Å². The zero-order valence-electron chi connectivity index (χ0n) is 15.9. The summed E-state index contributed by atoms with van der Waals surface area (Å²) in [6, 6.07) is 3.48. The second-order valence-corrected chi connectivity index (χ2v) is 6.61. The minimum absolute atomic E-state index is 0.269. The standard InChI is InChI=1S/C22H35NO2/c1-2-3-4-5-6-7-8-9-10-11-12-13-14-15-19-25-22(24)21-17-16-18-23-20-21/h7-8,16-18,20H,2-6,9-15,19H2,1H3/b8-7+. The average molecular weight is 346 g/mol. The molecule has 0 saturated carbocycles. The van der Waals surface area contributed by atoms with Gasteiger partial charge >= 0.3 is 5.97 Å². The van der Waals surface area contributed by atoms with Crippen LogP contribution in [-0.2, 0) is 4.74 Å². The molecule has 0 atom stereocenters. The molecule has 0 radical (unpaired) electrons. The predicted molar refractivity (Wildman–Crippen MR) is 105 cm³/mol. The molecule has 25 heavy (non-hydrogen) atoms. The predicted octanol–water partition coefficient (Wildman–Crippen LogP) is 6.50. The van der Waals surface area contributed by atoms with Gasteiger partial charge in [-0.2, -0.15) is 0 Å². The van der Waals surface area contributed by atoms with Gasteiger partial charge in [0.1, 0.15) is 0 Å². The first kappa shape index (κ1) is 21.4. The maximum absolute atomic E-state index is 11.7. The van der Waals surface area contributed by atoms with E-state index in [0.717, 1.165) is 12.8 Å². The molecule has 0 N–H and O–H groups in total. The van der Waals surface area contributed by atoms with Crippen molar-refractivity contribution in [3.05, 3.63) is 42.2 Å². The fourth-order valence-electron chi connectivity index (χ4n) is 2.73. The summed E-state index contributed by atoms with van der Waals surface area (Å²) in [5.74, 6) is -0.269. The van der Waals surface area contributed by atoms with Crippen LogP contribution in [0, 0.1) is 0 Å². The number of unbranched alkanes of at least 4 members (excludes halogenated alkanes) is 10. The van der Waals surface area contributed by atoms with Crippen LogP contribution in [0.4, 0.5) is 0 Å². The first-order valence-corrected chi connectivity index (χ1v) is 10.1. The quantitative estimate of drug-likeness (QED) is 0.207. The zero-order chi connectivity index (χ0) is 18.0. The molecule has 0 unspecified atom stereocenters. The highest BCUT2D eigenvalue weighted by Gasteiger charge is 2.05. The van der Waals surface area contributed by atoms with Crippen molar-refractivity contribution in [1.29, 1.82) is 0 Å². The van der Waals surface area contributed by atoms with Crippen molar-refractivity contribution in [2.24, 2.45) is 0 Å². The number of allylic oxidation sites excluding steroid dienone is 2. The molecule has 0 spiro atoms. The van der Waals surface area contributed by atoms with E-state index in [1.54, 1.807) is 24.5 Å². The van der Waals surface area contributed by atoms with Gasteiger partial charge in [0.2, 0.25) is 0 Å². The summed E-state index contributed by atoms with van der Waals surface area (Å²) in [7, 11) is 0. The van der Waals surface area contributed by atoms with Gasteiger partial charge in [-0.1, -0.05) is 64.0 Å². The highest BCUT2D eigenvalue weighted by molar-refractivity contribution is 5.88. The van der Waals surface area contributed by atoms with Crippen LogP contribution in [0.25, 0.3) is 0 Å². The summed E-state index contributed by atoms with van der Waals surface area (Å²) in [6.07, 6.45) is 23.0.